The highest BCUT2D eigenvalue weighted by Gasteiger charge is 2.27. The molecule has 0 aliphatic rings. The third kappa shape index (κ3) is 8.19. The molecule has 0 aliphatic heterocycles. The Kier molecular flexibility index (Phi) is 9.14. The molecule has 3 nitrogen and oxygen atoms in total. The van der Waals surface area contributed by atoms with E-state index in [1.165, 1.54) is 25.7 Å². The monoisotopic (exact) mass is 243 g/mol. The van der Waals surface area contributed by atoms with Gasteiger partial charge in [-0.1, -0.05) is 46.0 Å². The van der Waals surface area contributed by atoms with Gasteiger partial charge in [-0.2, -0.15) is 0 Å². The standard InChI is InChI=1S/C14H29NO2/c1-5-7-8-9-10-11-12-17-13(16)14(3,4)15-6-2/h15H,5-12H2,1-4H3. The molecule has 3 heteroatoms. The Morgan fingerprint density at radius 3 is 2.24 bits per heavy atom. The Morgan fingerprint density at radius 2 is 1.65 bits per heavy atom. The Balaban J connectivity index is 3.51. The van der Waals surface area contributed by atoms with Gasteiger partial charge in [0.05, 0.1) is 6.61 Å². The lowest BCUT2D eigenvalue weighted by atomic mass is 10.1. The van der Waals surface area contributed by atoms with Crippen molar-refractivity contribution in [2.45, 2.75) is 71.8 Å². The van der Waals surface area contributed by atoms with Crippen molar-refractivity contribution in [2.24, 2.45) is 0 Å². The topological polar surface area (TPSA) is 38.3 Å². The number of esters is 1. The van der Waals surface area contributed by atoms with Crippen molar-refractivity contribution in [3.63, 3.8) is 0 Å². The molecule has 0 saturated heterocycles. The van der Waals surface area contributed by atoms with Crippen molar-refractivity contribution in [2.75, 3.05) is 13.2 Å². The number of likely N-dealkylation sites (N-methyl/N-ethyl adjacent to an activating group) is 1. The van der Waals surface area contributed by atoms with Gasteiger partial charge < -0.3 is 10.1 Å². The van der Waals surface area contributed by atoms with E-state index in [1.807, 2.05) is 20.8 Å². The summed E-state index contributed by atoms with van der Waals surface area (Å²) in [6.45, 7) is 9.26. The number of carbonyl (C=O) groups is 1. The van der Waals surface area contributed by atoms with E-state index in [-0.39, 0.29) is 5.97 Å². The molecule has 0 rings (SSSR count). The first-order chi connectivity index (χ1) is 8.04. The van der Waals surface area contributed by atoms with Crippen LogP contribution < -0.4 is 5.32 Å². The molecule has 0 amide bonds. The van der Waals surface area contributed by atoms with E-state index in [4.69, 9.17) is 4.74 Å². The highest BCUT2D eigenvalue weighted by molar-refractivity contribution is 5.79. The zero-order valence-electron chi connectivity index (χ0n) is 12.0. The van der Waals surface area contributed by atoms with Crippen molar-refractivity contribution in [1.82, 2.24) is 5.32 Å². The predicted octanol–water partition coefficient (Wildman–Crippen LogP) is 3.28. The molecular weight excluding hydrogens is 214 g/mol. The third-order valence-electron chi connectivity index (χ3n) is 2.86. The van der Waals surface area contributed by atoms with Crippen molar-refractivity contribution in [1.29, 1.82) is 0 Å². The molecule has 0 saturated carbocycles. The first-order valence-corrected chi connectivity index (χ1v) is 6.96. The summed E-state index contributed by atoms with van der Waals surface area (Å²) in [6, 6.07) is 0. The Morgan fingerprint density at radius 1 is 1.06 bits per heavy atom. The third-order valence-corrected chi connectivity index (χ3v) is 2.86. The molecule has 0 aliphatic carbocycles. The van der Waals surface area contributed by atoms with E-state index in [2.05, 4.69) is 12.2 Å². The van der Waals surface area contributed by atoms with Crippen LogP contribution in [0.2, 0.25) is 0 Å². The Bertz CT molecular complexity index is 202. The minimum Gasteiger partial charge on any atom is -0.464 e. The lowest BCUT2D eigenvalue weighted by Crippen LogP contribution is -2.47. The highest BCUT2D eigenvalue weighted by Crippen LogP contribution is 2.08. The number of carbonyl (C=O) groups excluding carboxylic acids is 1. The largest absolute Gasteiger partial charge is 0.464 e. The first kappa shape index (κ1) is 16.4. The lowest BCUT2D eigenvalue weighted by Gasteiger charge is -2.23. The fourth-order valence-corrected chi connectivity index (χ4v) is 1.74. The van der Waals surface area contributed by atoms with E-state index < -0.39 is 5.54 Å². The van der Waals surface area contributed by atoms with Gasteiger partial charge in [-0.25, -0.2) is 0 Å². The van der Waals surface area contributed by atoms with Crippen LogP contribution in [0.4, 0.5) is 0 Å². The van der Waals surface area contributed by atoms with Crippen LogP contribution >= 0.6 is 0 Å². The Hall–Kier alpha value is -0.570. The van der Waals surface area contributed by atoms with E-state index in [1.54, 1.807) is 0 Å². The van der Waals surface area contributed by atoms with Crippen LogP contribution in [0.3, 0.4) is 0 Å². The molecule has 0 aromatic heterocycles. The van der Waals surface area contributed by atoms with E-state index in [0.717, 1.165) is 19.4 Å². The minimum atomic E-state index is -0.559. The van der Waals surface area contributed by atoms with Crippen LogP contribution in [0.25, 0.3) is 0 Å². The lowest BCUT2D eigenvalue weighted by molar-refractivity contribution is -0.150. The molecule has 0 atom stereocenters. The molecule has 17 heavy (non-hydrogen) atoms. The number of unbranched alkanes of at least 4 members (excludes halogenated alkanes) is 5. The van der Waals surface area contributed by atoms with Gasteiger partial charge in [-0.15, -0.1) is 0 Å². The van der Waals surface area contributed by atoms with Crippen LogP contribution in [0.5, 0.6) is 0 Å². The van der Waals surface area contributed by atoms with Crippen molar-refractivity contribution >= 4 is 5.97 Å². The summed E-state index contributed by atoms with van der Waals surface area (Å²) >= 11 is 0. The minimum absolute atomic E-state index is 0.145. The average molecular weight is 243 g/mol. The first-order valence-electron chi connectivity index (χ1n) is 6.96. The van der Waals surface area contributed by atoms with E-state index in [9.17, 15) is 4.79 Å². The molecule has 0 bridgehead atoms. The highest BCUT2D eigenvalue weighted by atomic mass is 16.5. The van der Waals surface area contributed by atoms with Crippen LogP contribution in [-0.4, -0.2) is 24.7 Å². The van der Waals surface area contributed by atoms with Crippen LogP contribution in [0, 0.1) is 0 Å². The summed E-state index contributed by atoms with van der Waals surface area (Å²) in [5.41, 5.74) is -0.559. The van der Waals surface area contributed by atoms with Crippen LogP contribution in [0.1, 0.15) is 66.2 Å². The van der Waals surface area contributed by atoms with Gasteiger partial charge in [0.15, 0.2) is 0 Å². The normalized spacial score (nSPS) is 11.5. The van der Waals surface area contributed by atoms with Gasteiger partial charge in [0.2, 0.25) is 0 Å². The van der Waals surface area contributed by atoms with Crippen LogP contribution in [-0.2, 0) is 9.53 Å². The molecule has 102 valence electrons. The van der Waals surface area contributed by atoms with Crippen molar-refractivity contribution in [3.8, 4) is 0 Å². The fourth-order valence-electron chi connectivity index (χ4n) is 1.74. The second-order valence-electron chi connectivity index (χ2n) is 5.06. The molecule has 0 unspecified atom stereocenters. The second kappa shape index (κ2) is 9.46. The van der Waals surface area contributed by atoms with E-state index >= 15 is 0 Å². The molecule has 0 spiro atoms. The number of ether oxygens (including phenoxy) is 1. The summed E-state index contributed by atoms with van der Waals surface area (Å²) < 4.78 is 5.26. The molecule has 0 fully saturated rings. The summed E-state index contributed by atoms with van der Waals surface area (Å²) in [6.07, 6.45) is 7.28. The van der Waals surface area contributed by atoms with Gasteiger partial charge in [0.25, 0.3) is 0 Å². The SMILES string of the molecule is CCCCCCCCOC(=O)C(C)(C)NCC. The quantitative estimate of drug-likeness (QED) is 0.473. The number of rotatable bonds is 10. The second-order valence-corrected chi connectivity index (χ2v) is 5.06. The molecule has 0 heterocycles. The van der Waals surface area contributed by atoms with Crippen molar-refractivity contribution in [3.05, 3.63) is 0 Å². The van der Waals surface area contributed by atoms with Gasteiger partial charge in [0, 0.05) is 0 Å². The summed E-state index contributed by atoms with van der Waals surface area (Å²) in [5.74, 6) is -0.145. The predicted molar refractivity (Wildman–Crippen MR) is 72.1 cm³/mol. The van der Waals surface area contributed by atoms with Gasteiger partial charge in [-0.05, 0) is 26.8 Å². The molecule has 1 N–H and O–H groups in total. The van der Waals surface area contributed by atoms with Gasteiger partial charge in [-0.3, -0.25) is 4.79 Å². The maximum atomic E-state index is 11.7. The fraction of sp³-hybridized carbons (Fsp3) is 0.929. The van der Waals surface area contributed by atoms with Crippen molar-refractivity contribution < 1.29 is 9.53 Å². The number of hydrogen-bond acceptors (Lipinski definition) is 3. The maximum Gasteiger partial charge on any atom is 0.325 e. The number of hydrogen-bond donors (Lipinski definition) is 1. The number of nitrogens with one attached hydrogen (secondary N) is 1. The molecule has 0 aromatic rings. The average Bonchev–Trinajstić information content (AvgIpc) is 2.27. The summed E-state index contributed by atoms with van der Waals surface area (Å²) in [7, 11) is 0. The van der Waals surface area contributed by atoms with E-state index in [0.29, 0.717) is 6.61 Å². The molecule has 0 aromatic carbocycles. The zero-order valence-corrected chi connectivity index (χ0v) is 12.0. The smallest absolute Gasteiger partial charge is 0.325 e. The Labute approximate surface area is 106 Å². The molecule has 0 radical (unpaired) electrons. The van der Waals surface area contributed by atoms with Crippen LogP contribution in [0.15, 0.2) is 0 Å². The van der Waals surface area contributed by atoms with Gasteiger partial charge >= 0.3 is 5.97 Å². The molecular formula is C14H29NO2. The summed E-state index contributed by atoms with van der Waals surface area (Å²) in [4.78, 5) is 11.7. The zero-order chi connectivity index (χ0) is 13.1. The summed E-state index contributed by atoms with van der Waals surface area (Å²) in [5, 5.41) is 3.12. The maximum absolute atomic E-state index is 11.7. The van der Waals surface area contributed by atoms with Gasteiger partial charge in [0.1, 0.15) is 5.54 Å².